The van der Waals surface area contributed by atoms with Gasteiger partial charge in [-0.3, -0.25) is 0 Å². The maximum atomic E-state index is 11.3. The molecular formula is C15H22N4O. The summed E-state index contributed by atoms with van der Waals surface area (Å²) in [4.78, 5) is 16.9. The summed E-state index contributed by atoms with van der Waals surface area (Å²) in [6, 6.07) is 7.13. The van der Waals surface area contributed by atoms with Crippen LogP contribution in [0.4, 0.5) is 0 Å². The molecule has 0 spiro atoms. The van der Waals surface area contributed by atoms with Crippen LogP contribution >= 0.6 is 0 Å². The molecule has 5 N–H and O–H groups in total. The number of hydrogen-bond donors (Lipinski definition) is 4. The van der Waals surface area contributed by atoms with E-state index in [4.69, 9.17) is 5.73 Å². The molecule has 0 amide bonds. The first kappa shape index (κ1) is 13.4. The minimum absolute atomic E-state index is 0.156. The Morgan fingerprint density at radius 2 is 2.10 bits per heavy atom. The molecule has 0 bridgehead atoms. The van der Waals surface area contributed by atoms with Crippen LogP contribution in [0.1, 0.15) is 44.2 Å². The van der Waals surface area contributed by atoms with E-state index >= 15 is 0 Å². The van der Waals surface area contributed by atoms with Crippen molar-refractivity contribution in [1.29, 1.82) is 0 Å². The van der Waals surface area contributed by atoms with Crippen molar-refractivity contribution in [2.75, 3.05) is 0 Å². The highest BCUT2D eigenvalue weighted by molar-refractivity contribution is 5.75. The Bertz CT molecular complexity index is 645. The lowest BCUT2D eigenvalue weighted by Crippen LogP contribution is -2.40. The largest absolute Gasteiger partial charge is 0.328 e. The third-order valence-electron chi connectivity index (χ3n) is 4.24. The lowest BCUT2D eigenvalue weighted by molar-refractivity contribution is 0.319. The molecule has 20 heavy (non-hydrogen) atoms. The summed E-state index contributed by atoms with van der Waals surface area (Å²) in [7, 11) is 0. The van der Waals surface area contributed by atoms with Crippen molar-refractivity contribution in [3.8, 4) is 0 Å². The number of fused-ring (bicyclic) bond motifs is 1. The maximum Gasteiger partial charge on any atom is 0.323 e. The molecular weight excluding hydrogens is 252 g/mol. The van der Waals surface area contributed by atoms with Crippen molar-refractivity contribution in [2.45, 2.75) is 50.7 Å². The van der Waals surface area contributed by atoms with Crippen LogP contribution in [0, 0.1) is 0 Å². The highest BCUT2D eigenvalue weighted by Crippen LogP contribution is 2.22. The van der Waals surface area contributed by atoms with Gasteiger partial charge in [-0.15, -0.1) is 0 Å². The van der Waals surface area contributed by atoms with E-state index < -0.39 is 0 Å². The van der Waals surface area contributed by atoms with Crippen LogP contribution in [-0.4, -0.2) is 22.1 Å². The monoisotopic (exact) mass is 274 g/mol. The molecule has 1 aliphatic carbocycles. The van der Waals surface area contributed by atoms with Crippen molar-refractivity contribution >= 4 is 11.0 Å². The molecule has 1 aliphatic rings. The van der Waals surface area contributed by atoms with E-state index in [0.717, 1.165) is 23.9 Å². The minimum Gasteiger partial charge on any atom is -0.328 e. The van der Waals surface area contributed by atoms with E-state index in [9.17, 15) is 4.79 Å². The van der Waals surface area contributed by atoms with Gasteiger partial charge in [0.15, 0.2) is 0 Å². The third-order valence-corrected chi connectivity index (χ3v) is 4.24. The van der Waals surface area contributed by atoms with Gasteiger partial charge in [0, 0.05) is 18.1 Å². The first-order valence-corrected chi connectivity index (χ1v) is 7.35. The second-order valence-electron chi connectivity index (χ2n) is 5.90. The number of imidazole rings is 1. The number of nitrogens with two attached hydrogens (primary N) is 1. The number of aromatic nitrogens is 2. The molecule has 0 saturated heterocycles. The highest BCUT2D eigenvalue weighted by Gasteiger charge is 2.21. The van der Waals surface area contributed by atoms with Gasteiger partial charge >= 0.3 is 5.69 Å². The topological polar surface area (TPSA) is 86.7 Å². The predicted octanol–water partition coefficient (Wildman–Crippen LogP) is 1.78. The van der Waals surface area contributed by atoms with Gasteiger partial charge in [0.1, 0.15) is 0 Å². The van der Waals surface area contributed by atoms with Gasteiger partial charge in [-0.05, 0) is 43.9 Å². The predicted molar refractivity (Wildman–Crippen MR) is 80.7 cm³/mol. The van der Waals surface area contributed by atoms with E-state index in [1.54, 1.807) is 0 Å². The second kappa shape index (κ2) is 5.42. The normalized spacial score (nSPS) is 24.9. The molecule has 3 unspecified atom stereocenters. The Labute approximate surface area is 118 Å². The molecule has 0 aliphatic heterocycles. The second-order valence-corrected chi connectivity index (χ2v) is 5.90. The van der Waals surface area contributed by atoms with Crippen LogP contribution < -0.4 is 16.7 Å². The summed E-state index contributed by atoms with van der Waals surface area (Å²) >= 11 is 0. The molecule has 1 fully saturated rings. The maximum absolute atomic E-state index is 11.3. The van der Waals surface area contributed by atoms with Crippen molar-refractivity contribution in [1.82, 2.24) is 15.3 Å². The van der Waals surface area contributed by atoms with Crippen molar-refractivity contribution in [2.24, 2.45) is 5.73 Å². The molecule has 108 valence electrons. The summed E-state index contributed by atoms with van der Waals surface area (Å²) in [5, 5.41) is 3.65. The van der Waals surface area contributed by atoms with Gasteiger partial charge < -0.3 is 21.0 Å². The van der Waals surface area contributed by atoms with Crippen LogP contribution in [0.2, 0.25) is 0 Å². The minimum atomic E-state index is -0.156. The van der Waals surface area contributed by atoms with Crippen molar-refractivity contribution in [3.05, 3.63) is 34.2 Å². The third kappa shape index (κ3) is 2.78. The number of nitrogens with one attached hydrogen (secondary N) is 3. The Kier molecular flexibility index (Phi) is 3.63. The Hall–Kier alpha value is -1.59. The van der Waals surface area contributed by atoms with Gasteiger partial charge in [0.2, 0.25) is 0 Å². The number of benzene rings is 1. The molecule has 1 saturated carbocycles. The van der Waals surface area contributed by atoms with Crippen LogP contribution in [0.15, 0.2) is 23.0 Å². The lowest BCUT2D eigenvalue weighted by atomic mass is 9.91. The summed E-state index contributed by atoms with van der Waals surface area (Å²) in [6.07, 6.45) is 4.59. The van der Waals surface area contributed by atoms with Gasteiger partial charge in [-0.2, -0.15) is 0 Å². The fourth-order valence-corrected chi connectivity index (χ4v) is 3.15. The molecule has 1 aromatic heterocycles. The van der Waals surface area contributed by atoms with Gasteiger partial charge in [0.25, 0.3) is 0 Å². The van der Waals surface area contributed by atoms with E-state index in [1.807, 2.05) is 12.1 Å². The van der Waals surface area contributed by atoms with Gasteiger partial charge in [0.05, 0.1) is 11.0 Å². The molecule has 1 heterocycles. The fourth-order valence-electron chi connectivity index (χ4n) is 3.15. The highest BCUT2D eigenvalue weighted by atomic mass is 16.1. The summed E-state index contributed by atoms with van der Waals surface area (Å²) in [5.41, 5.74) is 8.78. The molecule has 2 aromatic rings. The Morgan fingerprint density at radius 3 is 2.90 bits per heavy atom. The van der Waals surface area contributed by atoms with Crippen LogP contribution in [0.25, 0.3) is 11.0 Å². The Morgan fingerprint density at radius 1 is 1.30 bits per heavy atom. The summed E-state index contributed by atoms with van der Waals surface area (Å²) in [5.74, 6) is 0. The fraction of sp³-hybridized carbons (Fsp3) is 0.533. The first-order valence-electron chi connectivity index (χ1n) is 7.35. The molecule has 1 aromatic carbocycles. The smallest absolute Gasteiger partial charge is 0.323 e. The molecule has 3 rings (SSSR count). The molecule has 5 nitrogen and oxygen atoms in total. The zero-order chi connectivity index (χ0) is 14.1. The summed E-state index contributed by atoms with van der Waals surface area (Å²) in [6.45, 7) is 2.16. The number of H-pyrrole nitrogens is 2. The average molecular weight is 274 g/mol. The number of hydrogen-bond acceptors (Lipinski definition) is 3. The number of rotatable bonds is 3. The van der Waals surface area contributed by atoms with E-state index in [-0.39, 0.29) is 11.7 Å². The first-order chi connectivity index (χ1) is 9.61. The standard InChI is InChI=1S/C15H22N4O/c1-9(17-12-4-2-3-11(16)8-12)10-5-6-13-14(7-10)19-15(20)18-13/h5-7,9,11-12,17H,2-4,8,16H2,1H3,(H2,18,19,20). The van der Waals surface area contributed by atoms with E-state index in [2.05, 4.69) is 28.3 Å². The molecule has 5 heteroatoms. The summed E-state index contributed by atoms with van der Waals surface area (Å²) < 4.78 is 0. The van der Waals surface area contributed by atoms with Crippen molar-refractivity contribution < 1.29 is 0 Å². The van der Waals surface area contributed by atoms with Gasteiger partial charge in [-0.1, -0.05) is 12.5 Å². The number of aromatic amines is 2. The zero-order valence-electron chi connectivity index (χ0n) is 11.8. The van der Waals surface area contributed by atoms with E-state index in [0.29, 0.717) is 12.1 Å². The van der Waals surface area contributed by atoms with Crippen LogP contribution in [0.5, 0.6) is 0 Å². The Balaban J connectivity index is 1.74. The molecule has 3 atom stereocenters. The average Bonchev–Trinajstić information content (AvgIpc) is 2.77. The SMILES string of the molecule is CC(NC1CCCC(N)C1)c1ccc2[nH]c(=O)[nH]c2c1. The lowest BCUT2D eigenvalue weighted by Gasteiger charge is -2.30. The van der Waals surface area contributed by atoms with Crippen molar-refractivity contribution in [3.63, 3.8) is 0 Å². The zero-order valence-corrected chi connectivity index (χ0v) is 11.8. The molecule has 0 radical (unpaired) electrons. The van der Waals surface area contributed by atoms with E-state index in [1.165, 1.54) is 18.4 Å². The quantitative estimate of drug-likeness (QED) is 0.688. The van der Waals surface area contributed by atoms with Crippen LogP contribution in [0.3, 0.4) is 0 Å². The van der Waals surface area contributed by atoms with Gasteiger partial charge in [-0.25, -0.2) is 4.79 Å². The van der Waals surface area contributed by atoms with Crippen LogP contribution in [-0.2, 0) is 0 Å².